The third kappa shape index (κ3) is 3.28. The van der Waals surface area contributed by atoms with E-state index in [2.05, 4.69) is 48.5 Å². The molecule has 0 saturated heterocycles. The van der Waals surface area contributed by atoms with E-state index in [4.69, 9.17) is 11.6 Å². The van der Waals surface area contributed by atoms with Crippen molar-refractivity contribution in [3.8, 4) is 0 Å². The summed E-state index contributed by atoms with van der Waals surface area (Å²) >= 11 is 7.82. The summed E-state index contributed by atoms with van der Waals surface area (Å²) in [4.78, 5) is 1.37. The Morgan fingerprint density at radius 3 is 2.86 bits per heavy atom. The lowest BCUT2D eigenvalue weighted by Gasteiger charge is -2.09. The first-order valence-electron chi connectivity index (χ1n) is 7.04. The van der Waals surface area contributed by atoms with E-state index in [-0.39, 0.29) is 0 Å². The summed E-state index contributed by atoms with van der Waals surface area (Å²) in [7, 11) is 0. The van der Waals surface area contributed by atoms with Crippen LogP contribution in [0.25, 0.3) is 10.1 Å². The van der Waals surface area contributed by atoms with Crippen LogP contribution in [-0.2, 0) is 13.1 Å². The second-order valence-corrected chi connectivity index (χ2v) is 6.96. The molecule has 1 N–H and O–H groups in total. The number of aromatic nitrogens is 2. The van der Waals surface area contributed by atoms with Gasteiger partial charge in [-0.25, -0.2) is 0 Å². The minimum atomic E-state index is 0.474. The number of thiophene rings is 1. The van der Waals surface area contributed by atoms with E-state index in [1.54, 1.807) is 6.20 Å². The molecular weight excluding hydrogens is 302 g/mol. The number of rotatable bonds is 5. The predicted molar refractivity (Wildman–Crippen MR) is 90.1 cm³/mol. The lowest BCUT2D eigenvalue weighted by atomic mass is 10.1. The molecule has 0 unspecified atom stereocenters. The molecule has 0 radical (unpaired) electrons. The van der Waals surface area contributed by atoms with Gasteiger partial charge < -0.3 is 5.32 Å². The topological polar surface area (TPSA) is 29.9 Å². The van der Waals surface area contributed by atoms with Gasteiger partial charge in [0.25, 0.3) is 0 Å². The van der Waals surface area contributed by atoms with Crippen molar-refractivity contribution in [2.45, 2.75) is 33.0 Å². The molecule has 3 nitrogen and oxygen atoms in total. The van der Waals surface area contributed by atoms with Gasteiger partial charge in [-0.3, -0.25) is 4.68 Å². The molecular formula is C16H18ClN3S. The van der Waals surface area contributed by atoms with Crippen molar-refractivity contribution in [1.82, 2.24) is 15.1 Å². The number of hydrogen-bond donors (Lipinski definition) is 1. The highest BCUT2D eigenvalue weighted by Gasteiger charge is 2.13. The Bertz CT molecular complexity index is 745. The van der Waals surface area contributed by atoms with Gasteiger partial charge in [-0.2, -0.15) is 5.10 Å². The highest BCUT2D eigenvalue weighted by atomic mass is 35.5. The van der Waals surface area contributed by atoms with Crippen LogP contribution in [0.1, 0.15) is 24.3 Å². The third-order valence-corrected chi connectivity index (χ3v) is 4.78. The molecule has 0 spiro atoms. The van der Waals surface area contributed by atoms with Gasteiger partial charge in [0.05, 0.1) is 17.8 Å². The average Bonchev–Trinajstić information content (AvgIpc) is 3.01. The Balaban J connectivity index is 1.98. The molecule has 0 atom stereocenters. The first-order valence-corrected chi connectivity index (χ1v) is 8.23. The standard InChI is InChI=1S/C16H18ClN3S/c1-11(2)18-8-16-14(10-20-9-12(17)7-19-20)13-5-3-4-6-15(13)21-16/h3-7,9,11,18H,8,10H2,1-2H3. The summed E-state index contributed by atoms with van der Waals surface area (Å²) in [5, 5.41) is 9.80. The van der Waals surface area contributed by atoms with Crippen LogP contribution in [0.5, 0.6) is 0 Å². The third-order valence-electron chi connectivity index (χ3n) is 3.37. The quantitative estimate of drug-likeness (QED) is 0.760. The van der Waals surface area contributed by atoms with E-state index in [0.717, 1.165) is 13.1 Å². The molecule has 1 aromatic carbocycles. The predicted octanol–water partition coefficient (Wildman–Crippen LogP) is 4.30. The normalized spacial score (nSPS) is 11.6. The van der Waals surface area contributed by atoms with Crippen molar-refractivity contribution in [3.05, 3.63) is 52.1 Å². The largest absolute Gasteiger partial charge is 0.310 e. The highest BCUT2D eigenvalue weighted by Crippen LogP contribution is 2.32. The molecule has 0 aliphatic heterocycles. The van der Waals surface area contributed by atoms with E-state index in [9.17, 15) is 0 Å². The van der Waals surface area contributed by atoms with E-state index in [0.29, 0.717) is 11.1 Å². The minimum Gasteiger partial charge on any atom is -0.310 e. The molecule has 3 aromatic rings. The Labute approximate surface area is 133 Å². The van der Waals surface area contributed by atoms with Gasteiger partial charge in [0, 0.05) is 28.4 Å². The first kappa shape index (κ1) is 14.6. The van der Waals surface area contributed by atoms with E-state index in [1.807, 2.05) is 22.2 Å². The molecule has 110 valence electrons. The van der Waals surface area contributed by atoms with Crippen LogP contribution < -0.4 is 5.32 Å². The SMILES string of the molecule is CC(C)NCc1sc2ccccc2c1Cn1cc(Cl)cn1. The van der Waals surface area contributed by atoms with Crippen LogP contribution in [0, 0.1) is 0 Å². The highest BCUT2D eigenvalue weighted by molar-refractivity contribution is 7.19. The van der Waals surface area contributed by atoms with Gasteiger partial charge in [-0.1, -0.05) is 43.6 Å². The van der Waals surface area contributed by atoms with Gasteiger partial charge in [-0.15, -0.1) is 11.3 Å². The minimum absolute atomic E-state index is 0.474. The zero-order valence-corrected chi connectivity index (χ0v) is 13.7. The van der Waals surface area contributed by atoms with Crippen molar-refractivity contribution in [1.29, 1.82) is 0 Å². The number of halogens is 1. The van der Waals surface area contributed by atoms with Crippen molar-refractivity contribution in [3.63, 3.8) is 0 Å². The van der Waals surface area contributed by atoms with Gasteiger partial charge >= 0.3 is 0 Å². The van der Waals surface area contributed by atoms with Crippen LogP contribution in [0.3, 0.4) is 0 Å². The summed E-state index contributed by atoms with van der Waals surface area (Å²) in [5.74, 6) is 0. The van der Waals surface area contributed by atoms with Crippen LogP contribution in [0.4, 0.5) is 0 Å². The molecule has 5 heteroatoms. The molecule has 3 rings (SSSR count). The van der Waals surface area contributed by atoms with E-state index >= 15 is 0 Å². The lowest BCUT2D eigenvalue weighted by molar-refractivity contribution is 0.588. The molecule has 2 aromatic heterocycles. The van der Waals surface area contributed by atoms with Crippen LogP contribution in [0.15, 0.2) is 36.7 Å². The summed E-state index contributed by atoms with van der Waals surface area (Å²) in [6, 6.07) is 9.02. The molecule has 0 bridgehead atoms. The Kier molecular flexibility index (Phi) is 4.29. The fourth-order valence-electron chi connectivity index (χ4n) is 2.35. The maximum Gasteiger partial charge on any atom is 0.0785 e. The number of fused-ring (bicyclic) bond motifs is 1. The van der Waals surface area contributed by atoms with Crippen molar-refractivity contribution < 1.29 is 0 Å². The molecule has 0 amide bonds. The fourth-order valence-corrected chi connectivity index (χ4v) is 3.67. The maximum absolute atomic E-state index is 5.97. The molecule has 2 heterocycles. The second-order valence-electron chi connectivity index (χ2n) is 5.39. The monoisotopic (exact) mass is 319 g/mol. The molecule has 0 fully saturated rings. The smallest absolute Gasteiger partial charge is 0.0785 e. The van der Waals surface area contributed by atoms with E-state index in [1.165, 1.54) is 20.5 Å². The molecule has 0 saturated carbocycles. The van der Waals surface area contributed by atoms with Gasteiger partial charge in [0.1, 0.15) is 0 Å². The molecule has 0 aliphatic carbocycles. The van der Waals surface area contributed by atoms with Crippen LogP contribution in [-0.4, -0.2) is 15.8 Å². The first-order chi connectivity index (χ1) is 10.1. The Morgan fingerprint density at radius 1 is 1.33 bits per heavy atom. The van der Waals surface area contributed by atoms with Crippen molar-refractivity contribution >= 4 is 33.0 Å². The van der Waals surface area contributed by atoms with Gasteiger partial charge in [-0.05, 0) is 17.0 Å². The summed E-state index contributed by atoms with van der Waals surface area (Å²) in [6.07, 6.45) is 3.55. The number of nitrogens with one attached hydrogen (secondary N) is 1. The van der Waals surface area contributed by atoms with Crippen molar-refractivity contribution in [2.24, 2.45) is 0 Å². The van der Waals surface area contributed by atoms with Crippen LogP contribution >= 0.6 is 22.9 Å². The van der Waals surface area contributed by atoms with Gasteiger partial charge in [0.2, 0.25) is 0 Å². The maximum atomic E-state index is 5.97. The van der Waals surface area contributed by atoms with Crippen LogP contribution in [0.2, 0.25) is 5.02 Å². The zero-order chi connectivity index (χ0) is 14.8. The summed E-state index contributed by atoms with van der Waals surface area (Å²) in [6.45, 7) is 5.98. The fraction of sp³-hybridized carbons (Fsp3) is 0.312. The van der Waals surface area contributed by atoms with Crippen molar-refractivity contribution in [2.75, 3.05) is 0 Å². The number of benzene rings is 1. The summed E-state index contributed by atoms with van der Waals surface area (Å²) < 4.78 is 3.22. The molecule has 21 heavy (non-hydrogen) atoms. The second kappa shape index (κ2) is 6.18. The molecule has 0 aliphatic rings. The van der Waals surface area contributed by atoms with Gasteiger partial charge in [0.15, 0.2) is 0 Å². The Hall–Kier alpha value is -1.36. The number of nitrogens with zero attached hydrogens (tertiary/aromatic N) is 2. The number of hydrogen-bond acceptors (Lipinski definition) is 3. The van der Waals surface area contributed by atoms with E-state index < -0.39 is 0 Å². The summed E-state index contributed by atoms with van der Waals surface area (Å²) in [5.41, 5.74) is 1.34. The Morgan fingerprint density at radius 2 is 2.14 bits per heavy atom. The zero-order valence-electron chi connectivity index (χ0n) is 12.1. The lowest BCUT2D eigenvalue weighted by Crippen LogP contribution is -2.22. The average molecular weight is 320 g/mol.